The van der Waals surface area contributed by atoms with E-state index < -0.39 is 11.7 Å². The lowest BCUT2D eigenvalue weighted by molar-refractivity contribution is -0.137. The molecule has 126 valence electrons. The number of hydrogen-bond acceptors (Lipinski definition) is 6. The first-order chi connectivity index (χ1) is 10.9. The number of hydrogen-bond donors (Lipinski definition) is 3. The summed E-state index contributed by atoms with van der Waals surface area (Å²) in [5.41, 5.74) is 9.15. The van der Waals surface area contributed by atoms with Crippen molar-refractivity contribution >= 4 is 11.8 Å². The maximum Gasteiger partial charge on any atom is 0.420 e. The quantitative estimate of drug-likeness (QED) is 0.773. The van der Waals surface area contributed by atoms with Gasteiger partial charge in [-0.25, -0.2) is 4.98 Å². The predicted octanol–water partition coefficient (Wildman–Crippen LogP) is 1.64. The van der Waals surface area contributed by atoms with Gasteiger partial charge in [-0.1, -0.05) is 0 Å². The highest BCUT2D eigenvalue weighted by molar-refractivity contribution is 5.64. The Morgan fingerprint density at radius 3 is 2.43 bits per heavy atom. The second kappa shape index (κ2) is 6.82. The third-order valence-corrected chi connectivity index (χ3v) is 3.36. The Hall–Kier alpha value is -2.36. The minimum atomic E-state index is -4.50. The molecule has 5 N–H and O–H groups in total. The van der Waals surface area contributed by atoms with Gasteiger partial charge in [0.1, 0.15) is 11.4 Å². The van der Waals surface area contributed by atoms with Crippen LogP contribution in [0.5, 0.6) is 0 Å². The maximum atomic E-state index is 12.9. The van der Waals surface area contributed by atoms with Crippen LogP contribution in [0, 0.1) is 0 Å². The molecule has 2 aromatic heterocycles. The van der Waals surface area contributed by atoms with Gasteiger partial charge >= 0.3 is 6.18 Å². The Labute approximate surface area is 130 Å². The van der Waals surface area contributed by atoms with Crippen molar-refractivity contribution in [1.29, 1.82) is 0 Å². The number of nitrogen functional groups attached to an aromatic ring is 1. The summed E-state index contributed by atoms with van der Waals surface area (Å²) in [5, 5.41) is 5.80. The van der Waals surface area contributed by atoms with E-state index >= 15 is 0 Å². The molecule has 3 heterocycles. The molecule has 3 rings (SSSR count). The van der Waals surface area contributed by atoms with E-state index in [2.05, 4.69) is 25.9 Å². The largest absolute Gasteiger partial charge is 0.420 e. The lowest BCUT2D eigenvalue weighted by atomic mass is 10.2. The molecule has 1 fully saturated rings. The van der Waals surface area contributed by atoms with Gasteiger partial charge in [-0.2, -0.15) is 23.3 Å². The second-order valence-corrected chi connectivity index (χ2v) is 4.82. The number of nitrogens with one attached hydrogen (secondary N) is 1. The highest BCUT2D eigenvalue weighted by atomic mass is 19.4. The number of rotatable bonds is 2. The first-order valence-corrected chi connectivity index (χ1v) is 7.03. The molecule has 2 aromatic rings. The van der Waals surface area contributed by atoms with Crippen LogP contribution in [0.1, 0.15) is 18.4 Å². The van der Waals surface area contributed by atoms with Crippen LogP contribution in [0.3, 0.4) is 0 Å². The van der Waals surface area contributed by atoms with E-state index in [4.69, 9.17) is 5.73 Å². The van der Waals surface area contributed by atoms with Gasteiger partial charge in [0.25, 0.3) is 0 Å². The smallest absolute Gasteiger partial charge is 0.368 e. The Morgan fingerprint density at radius 2 is 1.83 bits per heavy atom. The number of halogens is 3. The summed E-state index contributed by atoms with van der Waals surface area (Å²) < 4.78 is 38.8. The topological polar surface area (TPSA) is 110 Å². The van der Waals surface area contributed by atoms with Crippen LogP contribution in [0.25, 0.3) is 11.4 Å². The second-order valence-electron chi connectivity index (χ2n) is 4.82. The van der Waals surface area contributed by atoms with Crippen molar-refractivity contribution in [3.63, 3.8) is 0 Å². The Balaban J connectivity index is 0.000000924. The van der Waals surface area contributed by atoms with E-state index in [1.165, 1.54) is 13.1 Å². The summed E-state index contributed by atoms with van der Waals surface area (Å²) in [6, 6.07) is 1.50. The summed E-state index contributed by atoms with van der Waals surface area (Å²) >= 11 is 0. The molecule has 0 saturated carbocycles. The van der Waals surface area contributed by atoms with E-state index in [1.54, 1.807) is 0 Å². The Bertz CT molecular complexity index is 647. The monoisotopic (exact) mass is 329 g/mol. The normalized spacial score (nSPS) is 14.6. The van der Waals surface area contributed by atoms with E-state index in [9.17, 15) is 13.2 Å². The first kappa shape index (κ1) is 17.0. The summed E-state index contributed by atoms with van der Waals surface area (Å²) in [7, 11) is 1.50. The van der Waals surface area contributed by atoms with Crippen molar-refractivity contribution in [1.82, 2.24) is 20.2 Å². The molecule has 0 spiro atoms. The number of nitrogens with zero attached hydrogens (tertiary/aromatic N) is 4. The van der Waals surface area contributed by atoms with Gasteiger partial charge in [-0.15, -0.1) is 0 Å². The molecule has 1 aliphatic heterocycles. The van der Waals surface area contributed by atoms with Gasteiger partial charge < -0.3 is 16.4 Å². The summed E-state index contributed by atoms with van der Waals surface area (Å²) in [6.45, 7) is 1.62. The number of alkyl halides is 3. The SMILES string of the molecule is CN.Nc1nc(-c2[nH]ncc2C(F)(F)F)cc(N2CCCC2)n1. The molecule has 0 atom stereocenters. The van der Waals surface area contributed by atoms with Crippen LogP contribution in [-0.4, -0.2) is 40.3 Å². The minimum absolute atomic E-state index is 0.0582. The summed E-state index contributed by atoms with van der Waals surface area (Å²) in [6.07, 6.45) is -1.72. The minimum Gasteiger partial charge on any atom is -0.368 e. The van der Waals surface area contributed by atoms with Crippen LogP contribution in [0.15, 0.2) is 12.3 Å². The van der Waals surface area contributed by atoms with Gasteiger partial charge in [-0.3, -0.25) is 5.10 Å². The van der Waals surface area contributed by atoms with Gasteiger partial charge in [0.15, 0.2) is 0 Å². The molecule has 0 aliphatic carbocycles. The molecular weight excluding hydrogens is 311 g/mol. The molecule has 0 amide bonds. The van der Waals surface area contributed by atoms with E-state index in [0.29, 0.717) is 5.82 Å². The highest BCUT2D eigenvalue weighted by Crippen LogP contribution is 2.36. The maximum absolute atomic E-state index is 12.9. The fourth-order valence-electron chi connectivity index (χ4n) is 2.39. The molecule has 1 aliphatic rings. The molecule has 1 saturated heterocycles. The van der Waals surface area contributed by atoms with Crippen molar-refractivity contribution in [2.75, 3.05) is 30.8 Å². The number of aromatic nitrogens is 4. The lowest BCUT2D eigenvalue weighted by Crippen LogP contribution is -2.20. The molecule has 0 radical (unpaired) electrons. The van der Waals surface area contributed by atoms with Crippen molar-refractivity contribution in [3.8, 4) is 11.4 Å². The van der Waals surface area contributed by atoms with Crippen LogP contribution in [-0.2, 0) is 6.18 Å². The molecular formula is C13H18F3N7. The third kappa shape index (κ3) is 3.70. The number of aromatic amines is 1. The predicted molar refractivity (Wildman–Crippen MR) is 80.6 cm³/mol. The summed E-state index contributed by atoms with van der Waals surface area (Å²) in [4.78, 5) is 9.96. The average molecular weight is 329 g/mol. The number of anilines is 2. The van der Waals surface area contributed by atoms with Crippen LogP contribution in [0.2, 0.25) is 0 Å². The van der Waals surface area contributed by atoms with Crippen molar-refractivity contribution < 1.29 is 13.2 Å². The molecule has 7 nitrogen and oxygen atoms in total. The van der Waals surface area contributed by atoms with Gasteiger partial charge in [0.2, 0.25) is 5.95 Å². The Kier molecular flexibility index (Phi) is 5.04. The Morgan fingerprint density at radius 1 is 1.17 bits per heavy atom. The molecule has 0 unspecified atom stereocenters. The van der Waals surface area contributed by atoms with Gasteiger partial charge in [0.05, 0.1) is 17.6 Å². The van der Waals surface area contributed by atoms with Gasteiger partial charge in [-0.05, 0) is 19.9 Å². The average Bonchev–Trinajstić information content (AvgIpc) is 3.20. The van der Waals surface area contributed by atoms with Crippen molar-refractivity contribution in [2.24, 2.45) is 5.73 Å². The van der Waals surface area contributed by atoms with E-state index in [1.807, 2.05) is 4.90 Å². The third-order valence-electron chi connectivity index (χ3n) is 3.36. The highest BCUT2D eigenvalue weighted by Gasteiger charge is 2.36. The molecule has 0 aromatic carbocycles. The molecule has 23 heavy (non-hydrogen) atoms. The van der Waals surface area contributed by atoms with Crippen molar-refractivity contribution in [2.45, 2.75) is 19.0 Å². The van der Waals surface area contributed by atoms with Crippen LogP contribution < -0.4 is 16.4 Å². The fourth-order valence-corrected chi connectivity index (χ4v) is 2.39. The zero-order valence-corrected chi connectivity index (χ0v) is 12.6. The summed E-state index contributed by atoms with van der Waals surface area (Å²) in [5.74, 6) is 0.481. The van der Waals surface area contributed by atoms with Crippen molar-refractivity contribution in [3.05, 3.63) is 17.8 Å². The number of H-pyrrole nitrogens is 1. The number of nitrogens with two attached hydrogens (primary N) is 2. The first-order valence-electron chi connectivity index (χ1n) is 7.03. The lowest BCUT2D eigenvalue weighted by Gasteiger charge is -2.17. The zero-order valence-electron chi connectivity index (χ0n) is 12.6. The van der Waals surface area contributed by atoms with Crippen LogP contribution in [0.4, 0.5) is 24.9 Å². The van der Waals surface area contributed by atoms with Gasteiger partial charge in [0, 0.05) is 19.2 Å². The van der Waals surface area contributed by atoms with E-state index in [0.717, 1.165) is 32.1 Å². The van der Waals surface area contributed by atoms with Crippen LogP contribution >= 0.6 is 0 Å². The molecule has 10 heteroatoms. The fraction of sp³-hybridized carbons (Fsp3) is 0.462. The standard InChI is InChI=1S/C12H13F3N6.CH5N/c13-12(14,15)7-6-17-20-10(7)8-5-9(19-11(16)18-8)21-3-1-2-4-21;1-2/h5-6H,1-4H2,(H,17,20)(H2,16,18,19);2H2,1H3. The molecule has 0 bridgehead atoms. The zero-order chi connectivity index (χ0) is 17.0. The van der Waals surface area contributed by atoms with E-state index in [-0.39, 0.29) is 17.3 Å².